The maximum Gasteiger partial charge on any atom is 0.292 e. The van der Waals surface area contributed by atoms with E-state index in [2.05, 4.69) is 27.8 Å². The largest absolute Gasteiger partial charge is 0.376 e. The van der Waals surface area contributed by atoms with E-state index in [0.29, 0.717) is 38.4 Å². The first kappa shape index (κ1) is 21.3. The predicted octanol–water partition coefficient (Wildman–Crippen LogP) is 3.47. The number of piperazine rings is 1. The topological polar surface area (TPSA) is 95.8 Å². The van der Waals surface area contributed by atoms with E-state index in [9.17, 15) is 18.5 Å². The second kappa shape index (κ2) is 8.93. The third kappa shape index (κ3) is 4.77. The van der Waals surface area contributed by atoms with Crippen LogP contribution in [0.15, 0.2) is 64.5 Å². The normalized spacial score (nSPS) is 15.1. The standard InChI is InChI=1S/C19H21BrN4O4S/c1-2-9-21-18-14-16(5-8-19(18)24(25)26)22-10-12-23(13-11-22)29(27,28)17-6-3-15(20)4-7-17/h2-8,14,21H,1,9-13H2. The van der Waals surface area contributed by atoms with Crippen molar-refractivity contribution in [1.82, 2.24) is 4.31 Å². The molecule has 1 heterocycles. The van der Waals surface area contributed by atoms with Crippen molar-refractivity contribution in [3.8, 4) is 0 Å². The Bertz CT molecular complexity index is 1000. The lowest BCUT2D eigenvalue weighted by molar-refractivity contribution is -0.383. The van der Waals surface area contributed by atoms with Crippen molar-refractivity contribution < 1.29 is 13.3 Å². The first-order valence-corrected chi connectivity index (χ1v) is 11.2. The Hall–Kier alpha value is -2.43. The maximum absolute atomic E-state index is 12.8. The Balaban J connectivity index is 1.74. The van der Waals surface area contributed by atoms with Gasteiger partial charge in [0, 0.05) is 49.0 Å². The van der Waals surface area contributed by atoms with Gasteiger partial charge >= 0.3 is 0 Å². The highest BCUT2D eigenvalue weighted by molar-refractivity contribution is 9.10. The fourth-order valence-electron chi connectivity index (χ4n) is 3.15. The summed E-state index contributed by atoms with van der Waals surface area (Å²) < 4.78 is 27.9. The van der Waals surface area contributed by atoms with Gasteiger partial charge in [-0.3, -0.25) is 10.1 Å². The fraction of sp³-hybridized carbons (Fsp3) is 0.263. The van der Waals surface area contributed by atoms with Gasteiger partial charge in [-0.05, 0) is 36.4 Å². The summed E-state index contributed by atoms with van der Waals surface area (Å²) in [5.74, 6) is 0. The molecular weight excluding hydrogens is 460 g/mol. The molecule has 29 heavy (non-hydrogen) atoms. The molecule has 0 spiro atoms. The second-order valence-electron chi connectivity index (χ2n) is 6.47. The van der Waals surface area contributed by atoms with Gasteiger partial charge in [-0.1, -0.05) is 22.0 Å². The third-order valence-corrected chi connectivity index (χ3v) is 7.11. The van der Waals surface area contributed by atoms with Crippen LogP contribution in [0.4, 0.5) is 17.1 Å². The van der Waals surface area contributed by atoms with Crippen molar-refractivity contribution in [3.05, 3.63) is 69.7 Å². The molecule has 0 aliphatic carbocycles. The first-order valence-electron chi connectivity index (χ1n) is 8.97. The number of rotatable bonds is 7. The number of nitrogens with zero attached hydrogens (tertiary/aromatic N) is 3. The highest BCUT2D eigenvalue weighted by Gasteiger charge is 2.29. The molecule has 3 rings (SSSR count). The van der Waals surface area contributed by atoms with Crippen molar-refractivity contribution in [2.75, 3.05) is 42.9 Å². The minimum atomic E-state index is -3.55. The summed E-state index contributed by atoms with van der Waals surface area (Å²) in [6.45, 7) is 5.69. The summed E-state index contributed by atoms with van der Waals surface area (Å²) >= 11 is 3.31. The van der Waals surface area contributed by atoms with Gasteiger partial charge in [-0.2, -0.15) is 4.31 Å². The maximum atomic E-state index is 12.8. The first-order chi connectivity index (χ1) is 13.8. The van der Waals surface area contributed by atoms with Gasteiger partial charge in [0.1, 0.15) is 5.69 Å². The monoisotopic (exact) mass is 480 g/mol. The van der Waals surface area contributed by atoms with Crippen LogP contribution in [0.1, 0.15) is 0 Å². The minimum Gasteiger partial charge on any atom is -0.376 e. The summed E-state index contributed by atoms with van der Waals surface area (Å²) in [5, 5.41) is 14.2. The molecule has 8 nitrogen and oxygen atoms in total. The number of halogens is 1. The van der Waals surface area contributed by atoms with Crippen LogP contribution in [-0.4, -0.2) is 50.4 Å². The molecule has 1 aliphatic heterocycles. The smallest absolute Gasteiger partial charge is 0.292 e. The summed E-state index contributed by atoms with van der Waals surface area (Å²) in [4.78, 5) is 13.1. The molecule has 0 radical (unpaired) electrons. The van der Waals surface area contributed by atoms with E-state index in [4.69, 9.17) is 0 Å². The molecule has 0 aromatic heterocycles. The third-order valence-electron chi connectivity index (χ3n) is 4.67. The molecule has 2 aromatic carbocycles. The predicted molar refractivity (Wildman–Crippen MR) is 117 cm³/mol. The molecule has 0 bridgehead atoms. The summed E-state index contributed by atoms with van der Waals surface area (Å²) in [5.41, 5.74) is 1.22. The van der Waals surface area contributed by atoms with E-state index in [1.54, 1.807) is 42.5 Å². The van der Waals surface area contributed by atoms with Gasteiger partial charge in [0.25, 0.3) is 5.69 Å². The Morgan fingerprint density at radius 2 is 1.79 bits per heavy atom. The van der Waals surface area contributed by atoms with E-state index in [-0.39, 0.29) is 10.6 Å². The Labute approximate surface area is 178 Å². The second-order valence-corrected chi connectivity index (χ2v) is 9.33. The zero-order chi connectivity index (χ0) is 21.0. The number of sulfonamides is 1. The van der Waals surface area contributed by atoms with E-state index >= 15 is 0 Å². The van der Waals surface area contributed by atoms with E-state index in [1.807, 2.05) is 4.90 Å². The number of nitro groups is 1. The lowest BCUT2D eigenvalue weighted by Gasteiger charge is -2.35. The highest BCUT2D eigenvalue weighted by atomic mass is 79.9. The SMILES string of the molecule is C=CCNc1cc(N2CCN(S(=O)(=O)c3ccc(Br)cc3)CC2)ccc1[N+](=O)[O-]. The molecule has 2 aromatic rings. The number of nitrogens with one attached hydrogen (secondary N) is 1. The number of hydrogen-bond donors (Lipinski definition) is 1. The minimum absolute atomic E-state index is 0.00736. The molecule has 1 saturated heterocycles. The van der Waals surface area contributed by atoms with Crippen LogP contribution in [0, 0.1) is 10.1 Å². The molecule has 1 N–H and O–H groups in total. The molecule has 10 heteroatoms. The van der Waals surface area contributed by atoms with Crippen molar-refractivity contribution in [3.63, 3.8) is 0 Å². The van der Waals surface area contributed by atoms with Crippen LogP contribution in [0.2, 0.25) is 0 Å². The molecule has 0 atom stereocenters. The Kier molecular flexibility index (Phi) is 6.56. The van der Waals surface area contributed by atoms with Gasteiger partial charge in [-0.15, -0.1) is 6.58 Å². The molecule has 0 amide bonds. The summed E-state index contributed by atoms with van der Waals surface area (Å²) in [7, 11) is -3.55. The van der Waals surface area contributed by atoms with Crippen LogP contribution in [0.3, 0.4) is 0 Å². The molecule has 154 valence electrons. The zero-order valence-corrected chi connectivity index (χ0v) is 18.0. The number of benzene rings is 2. The van der Waals surface area contributed by atoms with Crippen LogP contribution in [0.25, 0.3) is 0 Å². The van der Waals surface area contributed by atoms with Gasteiger partial charge in [-0.25, -0.2) is 8.42 Å². The summed E-state index contributed by atoms with van der Waals surface area (Å²) in [6, 6.07) is 11.5. The van der Waals surface area contributed by atoms with Gasteiger partial charge in [0.2, 0.25) is 10.0 Å². The molecule has 0 saturated carbocycles. The number of anilines is 2. The van der Waals surface area contributed by atoms with Gasteiger partial charge in [0.05, 0.1) is 9.82 Å². The lowest BCUT2D eigenvalue weighted by Crippen LogP contribution is -2.48. The molecular formula is C19H21BrN4O4S. The van der Waals surface area contributed by atoms with Crippen LogP contribution in [0.5, 0.6) is 0 Å². The average molecular weight is 481 g/mol. The van der Waals surface area contributed by atoms with Crippen molar-refractivity contribution in [2.45, 2.75) is 4.90 Å². The Morgan fingerprint density at radius 3 is 2.38 bits per heavy atom. The van der Waals surface area contributed by atoms with Crippen molar-refractivity contribution >= 4 is 43.0 Å². The lowest BCUT2D eigenvalue weighted by atomic mass is 10.2. The Morgan fingerprint density at radius 1 is 1.14 bits per heavy atom. The zero-order valence-electron chi connectivity index (χ0n) is 15.6. The van der Waals surface area contributed by atoms with Crippen LogP contribution in [-0.2, 0) is 10.0 Å². The van der Waals surface area contributed by atoms with E-state index in [1.165, 1.54) is 10.4 Å². The van der Waals surface area contributed by atoms with Gasteiger partial charge in [0.15, 0.2) is 0 Å². The molecule has 1 aliphatic rings. The molecule has 1 fully saturated rings. The number of nitro benzene ring substituents is 1. The summed E-state index contributed by atoms with van der Waals surface area (Å²) in [6.07, 6.45) is 1.63. The van der Waals surface area contributed by atoms with Crippen LogP contribution >= 0.6 is 15.9 Å². The number of hydrogen-bond acceptors (Lipinski definition) is 6. The van der Waals surface area contributed by atoms with Crippen LogP contribution < -0.4 is 10.2 Å². The highest BCUT2D eigenvalue weighted by Crippen LogP contribution is 2.30. The van der Waals surface area contributed by atoms with E-state index in [0.717, 1.165) is 10.2 Å². The van der Waals surface area contributed by atoms with Crippen molar-refractivity contribution in [2.24, 2.45) is 0 Å². The van der Waals surface area contributed by atoms with Crippen molar-refractivity contribution in [1.29, 1.82) is 0 Å². The van der Waals surface area contributed by atoms with Gasteiger partial charge < -0.3 is 10.2 Å². The molecule has 0 unspecified atom stereocenters. The average Bonchev–Trinajstić information content (AvgIpc) is 2.72. The van der Waals surface area contributed by atoms with E-state index < -0.39 is 14.9 Å². The quantitative estimate of drug-likeness (QED) is 0.370. The fourth-order valence-corrected chi connectivity index (χ4v) is 4.83.